The van der Waals surface area contributed by atoms with Crippen molar-refractivity contribution in [1.29, 1.82) is 0 Å². The molecule has 0 unspecified atom stereocenters. The van der Waals surface area contributed by atoms with Gasteiger partial charge in [0.15, 0.2) is 0 Å². The van der Waals surface area contributed by atoms with E-state index in [1.54, 1.807) is 18.2 Å². The lowest BCUT2D eigenvalue weighted by atomic mass is 10.1. The molecule has 7 nitrogen and oxygen atoms in total. The predicted molar refractivity (Wildman–Crippen MR) is 148 cm³/mol. The van der Waals surface area contributed by atoms with Crippen LogP contribution in [-0.4, -0.2) is 61.7 Å². The number of nitrogens with one attached hydrogen (secondary N) is 1. The summed E-state index contributed by atoms with van der Waals surface area (Å²) < 4.78 is 27.8. The van der Waals surface area contributed by atoms with E-state index < -0.39 is 22.0 Å². The van der Waals surface area contributed by atoms with E-state index in [1.807, 2.05) is 75.4 Å². The van der Waals surface area contributed by atoms with Crippen molar-refractivity contribution in [3.8, 4) is 0 Å². The first kappa shape index (κ1) is 28.3. The Balaban J connectivity index is 1.83. The van der Waals surface area contributed by atoms with Crippen LogP contribution in [0, 0.1) is 0 Å². The molecule has 0 spiro atoms. The molecule has 0 saturated carbocycles. The van der Waals surface area contributed by atoms with Gasteiger partial charge in [0.05, 0.1) is 11.4 Å². The molecule has 3 aromatic carbocycles. The van der Waals surface area contributed by atoms with E-state index in [0.29, 0.717) is 19.4 Å². The fourth-order valence-electron chi connectivity index (χ4n) is 4.21. The Labute approximate surface area is 220 Å². The van der Waals surface area contributed by atoms with Crippen molar-refractivity contribution in [3.63, 3.8) is 0 Å². The monoisotopic (exact) mass is 523 g/mol. The molecule has 0 radical (unpaired) electrons. The van der Waals surface area contributed by atoms with Gasteiger partial charge in [0.25, 0.3) is 0 Å². The zero-order valence-electron chi connectivity index (χ0n) is 22.1. The molecule has 0 saturated heterocycles. The number of carbonyl (C=O) groups is 2. The maximum atomic E-state index is 13.6. The van der Waals surface area contributed by atoms with Gasteiger partial charge in [0.2, 0.25) is 21.8 Å². The molecule has 2 atom stereocenters. The first-order chi connectivity index (χ1) is 17.7. The Morgan fingerprint density at radius 1 is 0.892 bits per heavy atom. The van der Waals surface area contributed by atoms with E-state index in [2.05, 4.69) is 5.32 Å². The van der Waals surface area contributed by atoms with Gasteiger partial charge in [0, 0.05) is 19.6 Å². The van der Waals surface area contributed by atoms with Crippen LogP contribution in [0.2, 0.25) is 0 Å². The molecule has 0 aromatic heterocycles. The lowest BCUT2D eigenvalue weighted by molar-refractivity contribution is -0.141. The second kappa shape index (κ2) is 12.8. The molecular weight excluding hydrogens is 486 g/mol. The summed E-state index contributed by atoms with van der Waals surface area (Å²) in [6, 6.07) is 21.5. The van der Waals surface area contributed by atoms with Crippen molar-refractivity contribution in [2.75, 3.05) is 20.1 Å². The Hall–Kier alpha value is -3.23. The summed E-state index contributed by atoms with van der Waals surface area (Å²) in [5.74, 6) is -0.632. The van der Waals surface area contributed by atoms with Crippen molar-refractivity contribution in [2.45, 2.75) is 57.0 Å². The van der Waals surface area contributed by atoms with Gasteiger partial charge in [0.1, 0.15) is 6.04 Å². The summed E-state index contributed by atoms with van der Waals surface area (Å²) in [5.41, 5.74) is 1.04. The number of amides is 2. The summed E-state index contributed by atoms with van der Waals surface area (Å²) >= 11 is 0. The van der Waals surface area contributed by atoms with Crippen LogP contribution in [0.4, 0.5) is 0 Å². The molecule has 0 aliphatic rings. The summed E-state index contributed by atoms with van der Waals surface area (Å²) in [4.78, 5) is 28.3. The predicted octanol–water partition coefficient (Wildman–Crippen LogP) is 4.22. The SMILES string of the molecule is CC[C@@H](C)NC(=O)[C@H](CC)N(CCc1ccccc1)C(=O)CN(C)S(=O)(=O)c1ccc2ccccc2c1. The van der Waals surface area contributed by atoms with E-state index in [0.717, 1.165) is 27.1 Å². The molecule has 37 heavy (non-hydrogen) atoms. The summed E-state index contributed by atoms with van der Waals surface area (Å²) in [5, 5.41) is 4.72. The quantitative estimate of drug-likeness (QED) is 0.385. The van der Waals surface area contributed by atoms with Crippen LogP contribution in [0.3, 0.4) is 0 Å². The van der Waals surface area contributed by atoms with Crippen LogP contribution in [0.1, 0.15) is 39.2 Å². The van der Waals surface area contributed by atoms with E-state index in [1.165, 1.54) is 11.9 Å². The normalized spacial score (nSPS) is 13.3. The topological polar surface area (TPSA) is 86.8 Å². The second-order valence-corrected chi connectivity index (χ2v) is 11.4. The molecule has 2 amide bonds. The van der Waals surface area contributed by atoms with Gasteiger partial charge < -0.3 is 10.2 Å². The molecule has 0 bridgehead atoms. The number of nitrogens with zero attached hydrogens (tertiary/aromatic N) is 2. The minimum atomic E-state index is -3.92. The van der Waals surface area contributed by atoms with Gasteiger partial charge in [-0.05, 0) is 54.7 Å². The second-order valence-electron chi connectivity index (χ2n) is 9.33. The van der Waals surface area contributed by atoms with Crippen molar-refractivity contribution in [2.24, 2.45) is 0 Å². The molecule has 8 heteroatoms. The first-order valence-corrected chi connectivity index (χ1v) is 14.2. The lowest BCUT2D eigenvalue weighted by Crippen LogP contribution is -2.53. The highest BCUT2D eigenvalue weighted by molar-refractivity contribution is 7.89. The largest absolute Gasteiger partial charge is 0.352 e. The number of fused-ring (bicyclic) bond motifs is 1. The Kier molecular flexibility index (Phi) is 9.83. The van der Waals surface area contributed by atoms with E-state index >= 15 is 0 Å². The lowest BCUT2D eigenvalue weighted by Gasteiger charge is -2.32. The van der Waals surface area contributed by atoms with Crippen LogP contribution in [0.5, 0.6) is 0 Å². The summed E-state index contributed by atoms with van der Waals surface area (Å²) in [6.07, 6.45) is 1.75. The maximum absolute atomic E-state index is 13.6. The minimum absolute atomic E-state index is 0.0245. The van der Waals surface area contributed by atoms with Crippen LogP contribution in [0.25, 0.3) is 10.8 Å². The number of benzene rings is 3. The van der Waals surface area contributed by atoms with Crippen LogP contribution in [-0.2, 0) is 26.0 Å². The molecule has 3 rings (SSSR count). The summed E-state index contributed by atoms with van der Waals surface area (Å²) in [7, 11) is -2.52. The van der Waals surface area contributed by atoms with E-state index in [4.69, 9.17) is 0 Å². The first-order valence-electron chi connectivity index (χ1n) is 12.8. The molecule has 1 N–H and O–H groups in total. The number of hydrogen-bond acceptors (Lipinski definition) is 4. The standard InChI is InChI=1S/C29H37N3O4S/c1-5-22(3)30-29(34)27(6-2)32(19-18-23-12-8-7-9-13-23)28(33)21-31(4)37(35,36)26-17-16-24-14-10-11-15-25(24)20-26/h7-17,20,22,27H,5-6,18-19,21H2,1-4H3,(H,30,34)/t22-,27+/m1/s1. The Morgan fingerprint density at radius 2 is 1.54 bits per heavy atom. The number of carbonyl (C=O) groups excluding carboxylic acids is 2. The molecular formula is C29H37N3O4S. The van der Waals surface area contributed by atoms with Gasteiger partial charge in [-0.1, -0.05) is 74.5 Å². The van der Waals surface area contributed by atoms with Crippen molar-refractivity contribution in [3.05, 3.63) is 78.4 Å². The van der Waals surface area contributed by atoms with Gasteiger partial charge in [-0.15, -0.1) is 0 Å². The maximum Gasteiger partial charge on any atom is 0.243 e. The summed E-state index contributed by atoms with van der Waals surface area (Å²) in [6.45, 7) is 5.71. The van der Waals surface area contributed by atoms with E-state index in [9.17, 15) is 18.0 Å². The van der Waals surface area contributed by atoms with Crippen LogP contribution >= 0.6 is 0 Å². The molecule has 0 aliphatic heterocycles. The zero-order valence-corrected chi connectivity index (χ0v) is 22.9. The molecule has 3 aromatic rings. The van der Waals surface area contributed by atoms with Crippen molar-refractivity contribution < 1.29 is 18.0 Å². The number of hydrogen-bond donors (Lipinski definition) is 1. The molecule has 198 valence electrons. The fraction of sp³-hybridized carbons (Fsp3) is 0.379. The average molecular weight is 524 g/mol. The van der Waals surface area contributed by atoms with Gasteiger partial charge in [-0.25, -0.2) is 8.42 Å². The number of likely N-dealkylation sites (N-methyl/N-ethyl adjacent to an activating group) is 1. The smallest absolute Gasteiger partial charge is 0.243 e. The van der Waals surface area contributed by atoms with Crippen molar-refractivity contribution in [1.82, 2.24) is 14.5 Å². The van der Waals surface area contributed by atoms with Crippen LogP contribution < -0.4 is 5.32 Å². The van der Waals surface area contributed by atoms with Gasteiger partial charge in [-0.2, -0.15) is 4.31 Å². The van der Waals surface area contributed by atoms with E-state index in [-0.39, 0.29) is 23.4 Å². The number of sulfonamides is 1. The molecule has 0 heterocycles. The van der Waals surface area contributed by atoms with Crippen LogP contribution in [0.15, 0.2) is 77.7 Å². The number of rotatable bonds is 12. The highest BCUT2D eigenvalue weighted by atomic mass is 32.2. The van der Waals surface area contributed by atoms with Gasteiger partial charge in [-0.3, -0.25) is 9.59 Å². The average Bonchev–Trinajstić information content (AvgIpc) is 2.90. The third kappa shape index (κ3) is 7.17. The highest BCUT2D eigenvalue weighted by Crippen LogP contribution is 2.21. The highest BCUT2D eigenvalue weighted by Gasteiger charge is 2.32. The Morgan fingerprint density at radius 3 is 2.19 bits per heavy atom. The third-order valence-electron chi connectivity index (χ3n) is 6.66. The fourth-order valence-corrected chi connectivity index (χ4v) is 5.37. The third-order valence-corrected chi connectivity index (χ3v) is 8.46. The van der Waals surface area contributed by atoms with Gasteiger partial charge >= 0.3 is 0 Å². The Bertz CT molecular complexity index is 1310. The zero-order chi connectivity index (χ0) is 27.0. The van der Waals surface area contributed by atoms with Crippen molar-refractivity contribution >= 4 is 32.6 Å². The minimum Gasteiger partial charge on any atom is -0.352 e. The molecule has 0 fully saturated rings. The molecule has 0 aliphatic carbocycles.